The summed E-state index contributed by atoms with van der Waals surface area (Å²) in [6, 6.07) is 17.9. The van der Waals surface area contributed by atoms with Crippen LogP contribution in [0.15, 0.2) is 83.6 Å². The highest BCUT2D eigenvalue weighted by atomic mass is 19.1. The first-order valence-corrected chi connectivity index (χ1v) is 20.1. The number of aromatic nitrogens is 2. The molecule has 5 heterocycles. The largest absolute Gasteiger partial charge is 0.450 e. The molecular formula is C45H47F2N7O5. The normalized spacial score (nSPS) is 17.6. The van der Waals surface area contributed by atoms with E-state index in [2.05, 4.69) is 20.2 Å². The molecule has 3 aliphatic rings. The Labute approximate surface area is 341 Å². The first kappa shape index (κ1) is 39.7. The zero-order valence-corrected chi connectivity index (χ0v) is 33.3. The Morgan fingerprint density at radius 2 is 1.75 bits per heavy atom. The number of carbonyl (C=O) groups is 4. The van der Waals surface area contributed by atoms with Crippen LogP contribution in [-0.4, -0.2) is 108 Å². The zero-order valence-electron chi connectivity index (χ0n) is 33.3. The minimum atomic E-state index is -0.529. The summed E-state index contributed by atoms with van der Waals surface area (Å²) >= 11 is 0. The van der Waals surface area contributed by atoms with E-state index in [4.69, 9.17) is 4.42 Å². The van der Waals surface area contributed by atoms with Gasteiger partial charge in [0, 0.05) is 115 Å². The van der Waals surface area contributed by atoms with Gasteiger partial charge >= 0.3 is 0 Å². The monoisotopic (exact) mass is 803 g/mol. The Morgan fingerprint density at radius 1 is 0.949 bits per heavy atom. The number of anilines is 1. The summed E-state index contributed by atoms with van der Waals surface area (Å²) in [5.41, 5.74) is 5.26. The van der Waals surface area contributed by atoms with Crippen molar-refractivity contribution in [2.75, 3.05) is 64.8 Å². The van der Waals surface area contributed by atoms with Crippen LogP contribution >= 0.6 is 0 Å². The van der Waals surface area contributed by atoms with E-state index in [0.29, 0.717) is 54.6 Å². The van der Waals surface area contributed by atoms with Crippen LogP contribution in [0.5, 0.6) is 0 Å². The van der Waals surface area contributed by atoms with Crippen molar-refractivity contribution in [2.24, 2.45) is 0 Å². The highest BCUT2D eigenvalue weighted by molar-refractivity contribution is 6.02. The van der Waals surface area contributed by atoms with E-state index in [-0.39, 0.29) is 65.6 Å². The number of hydrogen-bond donors (Lipinski definition) is 1. The Kier molecular flexibility index (Phi) is 11.4. The lowest BCUT2D eigenvalue weighted by Gasteiger charge is -2.36. The molecule has 1 atom stereocenters. The Bertz CT molecular complexity index is 2420. The summed E-state index contributed by atoms with van der Waals surface area (Å²) < 4.78 is 39.0. The summed E-state index contributed by atoms with van der Waals surface area (Å²) in [5.74, 6) is -2.44. The molecule has 3 aromatic carbocycles. The third kappa shape index (κ3) is 8.68. The van der Waals surface area contributed by atoms with Gasteiger partial charge in [0.15, 0.2) is 5.76 Å². The lowest BCUT2D eigenvalue weighted by Crippen LogP contribution is -2.47. The van der Waals surface area contributed by atoms with Gasteiger partial charge in [0.1, 0.15) is 17.2 Å². The summed E-state index contributed by atoms with van der Waals surface area (Å²) in [4.78, 5) is 58.0. The highest BCUT2D eigenvalue weighted by Gasteiger charge is 2.29. The average molecular weight is 804 g/mol. The third-order valence-corrected chi connectivity index (χ3v) is 11.6. The van der Waals surface area contributed by atoms with E-state index < -0.39 is 11.7 Å². The molecule has 1 N–H and O–H groups in total. The van der Waals surface area contributed by atoms with Crippen molar-refractivity contribution in [3.63, 3.8) is 0 Å². The van der Waals surface area contributed by atoms with Gasteiger partial charge in [0.2, 0.25) is 17.7 Å². The van der Waals surface area contributed by atoms with Gasteiger partial charge in [-0.05, 0) is 77.9 Å². The number of halogens is 2. The predicted octanol–water partition coefficient (Wildman–Crippen LogP) is 5.87. The fraction of sp³-hybridized carbons (Fsp3) is 0.356. The van der Waals surface area contributed by atoms with Crippen molar-refractivity contribution >= 4 is 45.9 Å². The van der Waals surface area contributed by atoms with Crippen LogP contribution in [0.4, 0.5) is 14.5 Å². The number of aryl methyl sites for hydroxylation is 1. The molecule has 0 radical (unpaired) electrons. The molecule has 1 unspecified atom stereocenters. The van der Waals surface area contributed by atoms with Crippen LogP contribution in [-0.2, 0) is 27.3 Å². The molecule has 0 spiro atoms. The molecular weight excluding hydrogens is 757 g/mol. The SMILES string of the molecule is CN(C)C(=O)c1cc2c(F)c(C3=CCCN(C(=O)CCn4cccn4)C3)cc(-c3ccc(N4CCN(CCc5cc(F)cc(C6CCC(=O)NC6=O)c5)CC4)cc3)c2o1. The van der Waals surface area contributed by atoms with Gasteiger partial charge in [-0.3, -0.25) is 34.1 Å². The number of benzene rings is 3. The standard InChI is InChI=1S/C45H47F2N7O5/c1-50(2)45(58)39-27-38-42(47)36(31-5-3-15-53(28-31)41(56)13-18-54-16-4-14-48-54)26-37(43(38)59-39)30-6-8-34(9-7-30)52-21-19-51(20-22-52)17-12-29-23-32(25-33(46)24-29)35-10-11-40(55)49-44(35)57/h4-9,14,16,23-27,35H,3,10-13,15,17-22,28H2,1-2H3,(H,49,55,57). The van der Waals surface area contributed by atoms with E-state index in [0.717, 1.165) is 49.5 Å². The number of nitrogens with zero attached hydrogens (tertiary/aromatic N) is 6. The Balaban J connectivity index is 0.961. The minimum Gasteiger partial charge on any atom is -0.450 e. The average Bonchev–Trinajstić information content (AvgIpc) is 3.94. The molecule has 0 saturated carbocycles. The Morgan fingerprint density at radius 3 is 2.47 bits per heavy atom. The van der Waals surface area contributed by atoms with Gasteiger partial charge < -0.3 is 19.1 Å². The number of fused-ring (bicyclic) bond motifs is 1. The van der Waals surface area contributed by atoms with E-state index in [9.17, 15) is 23.6 Å². The highest BCUT2D eigenvalue weighted by Crippen LogP contribution is 2.39. The molecule has 2 fully saturated rings. The lowest BCUT2D eigenvalue weighted by molar-refractivity contribution is -0.134. The molecule has 0 aliphatic carbocycles. The lowest BCUT2D eigenvalue weighted by atomic mass is 9.89. The van der Waals surface area contributed by atoms with Crippen LogP contribution in [0.3, 0.4) is 0 Å². The molecule has 5 aromatic rings. The van der Waals surface area contributed by atoms with Crippen molar-refractivity contribution in [3.8, 4) is 11.1 Å². The van der Waals surface area contributed by atoms with Crippen molar-refractivity contribution in [1.82, 2.24) is 29.8 Å². The van der Waals surface area contributed by atoms with E-state index in [1.807, 2.05) is 48.7 Å². The molecule has 306 valence electrons. The maximum atomic E-state index is 16.5. The molecule has 14 heteroatoms. The van der Waals surface area contributed by atoms with Gasteiger partial charge in [0.25, 0.3) is 5.91 Å². The second kappa shape index (κ2) is 17.0. The number of imide groups is 1. The first-order chi connectivity index (χ1) is 28.5. The summed E-state index contributed by atoms with van der Waals surface area (Å²) in [7, 11) is 3.24. The smallest absolute Gasteiger partial charge is 0.289 e. The summed E-state index contributed by atoms with van der Waals surface area (Å²) in [5, 5.41) is 6.76. The number of carbonyl (C=O) groups excluding carboxylic acids is 4. The van der Waals surface area contributed by atoms with Crippen molar-refractivity contribution in [3.05, 3.63) is 113 Å². The fourth-order valence-electron chi connectivity index (χ4n) is 8.30. The van der Waals surface area contributed by atoms with Crippen LogP contribution in [0.2, 0.25) is 0 Å². The molecule has 3 aliphatic heterocycles. The Hall–Kier alpha value is -6.15. The topological polar surface area (TPSA) is 124 Å². The van der Waals surface area contributed by atoms with Gasteiger partial charge in [0.05, 0.1) is 11.3 Å². The third-order valence-electron chi connectivity index (χ3n) is 11.6. The molecule has 2 saturated heterocycles. The number of piperidine rings is 1. The van der Waals surface area contributed by atoms with Crippen LogP contribution < -0.4 is 10.2 Å². The van der Waals surface area contributed by atoms with E-state index >= 15 is 4.39 Å². The molecule has 59 heavy (non-hydrogen) atoms. The van der Waals surface area contributed by atoms with Crippen molar-refractivity contribution in [2.45, 2.75) is 44.6 Å². The van der Waals surface area contributed by atoms with Gasteiger partial charge in [-0.15, -0.1) is 0 Å². The number of amides is 4. The molecule has 4 amide bonds. The van der Waals surface area contributed by atoms with Gasteiger partial charge in [-0.25, -0.2) is 8.78 Å². The van der Waals surface area contributed by atoms with Crippen LogP contribution in [0.25, 0.3) is 27.7 Å². The number of rotatable bonds is 11. The van der Waals surface area contributed by atoms with Crippen molar-refractivity contribution < 1.29 is 32.4 Å². The number of nitrogens with one attached hydrogen (secondary N) is 1. The second-order valence-electron chi connectivity index (χ2n) is 15.7. The zero-order chi connectivity index (χ0) is 41.2. The molecule has 8 rings (SSSR count). The molecule has 0 bridgehead atoms. The van der Waals surface area contributed by atoms with E-state index in [1.54, 1.807) is 35.9 Å². The maximum Gasteiger partial charge on any atom is 0.289 e. The van der Waals surface area contributed by atoms with Gasteiger partial charge in [-0.2, -0.15) is 5.10 Å². The summed E-state index contributed by atoms with van der Waals surface area (Å²) in [6.07, 6.45) is 7.60. The number of piperazine rings is 1. The second-order valence-corrected chi connectivity index (χ2v) is 15.7. The predicted molar refractivity (Wildman–Crippen MR) is 220 cm³/mol. The van der Waals surface area contributed by atoms with Crippen molar-refractivity contribution in [1.29, 1.82) is 0 Å². The molecule has 12 nitrogen and oxygen atoms in total. The fourth-order valence-corrected chi connectivity index (χ4v) is 8.30. The maximum absolute atomic E-state index is 16.5. The number of hydrogen-bond acceptors (Lipinski definition) is 8. The minimum absolute atomic E-state index is 0.0291. The van der Waals surface area contributed by atoms with E-state index in [1.165, 1.54) is 23.1 Å². The quantitative estimate of drug-likeness (QED) is 0.165. The first-order valence-electron chi connectivity index (χ1n) is 20.1. The van der Waals surface area contributed by atoms with Crippen LogP contribution in [0.1, 0.15) is 58.8 Å². The van der Waals surface area contributed by atoms with Gasteiger partial charge in [-0.1, -0.05) is 24.3 Å². The summed E-state index contributed by atoms with van der Waals surface area (Å²) in [6.45, 7) is 5.20. The molecule has 2 aromatic heterocycles. The van der Waals surface area contributed by atoms with Crippen LogP contribution in [0, 0.1) is 11.6 Å². The number of furan rings is 1.